The van der Waals surface area contributed by atoms with E-state index in [-0.39, 0.29) is 11.6 Å². The van der Waals surface area contributed by atoms with E-state index in [9.17, 15) is 4.79 Å². The zero-order valence-electron chi connectivity index (χ0n) is 9.75. The molecule has 0 saturated heterocycles. The van der Waals surface area contributed by atoms with Crippen molar-refractivity contribution in [2.75, 3.05) is 6.54 Å². The summed E-state index contributed by atoms with van der Waals surface area (Å²) in [5.41, 5.74) is -0.286. The van der Waals surface area contributed by atoms with Gasteiger partial charge in [-0.3, -0.25) is 4.90 Å². The minimum Gasteiger partial charge on any atom is -0.444 e. The van der Waals surface area contributed by atoms with Gasteiger partial charge in [-0.05, 0) is 40.0 Å². The fourth-order valence-corrected chi connectivity index (χ4v) is 1.99. The number of carbonyl (C=O) groups excluding carboxylic acids is 1. The number of ether oxygens (including phenoxy) is 1. The van der Waals surface area contributed by atoms with E-state index in [1.165, 1.54) is 0 Å². The number of hydrogen-bond acceptors (Lipinski definition) is 2. The van der Waals surface area contributed by atoms with E-state index in [1.807, 2.05) is 31.7 Å². The van der Waals surface area contributed by atoms with Crippen LogP contribution in [-0.2, 0) is 4.74 Å². The summed E-state index contributed by atoms with van der Waals surface area (Å²) in [5, 5.41) is 0. The summed E-state index contributed by atoms with van der Waals surface area (Å²) in [7, 11) is 0. The molecule has 1 aliphatic heterocycles. The van der Waals surface area contributed by atoms with Crippen molar-refractivity contribution >= 4 is 6.09 Å². The van der Waals surface area contributed by atoms with Crippen LogP contribution in [0.5, 0.6) is 0 Å². The Morgan fingerprint density at radius 3 is 2.53 bits per heavy atom. The maximum Gasteiger partial charge on any atom is 0.411 e. The van der Waals surface area contributed by atoms with Gasteiger partial charge in [0.05, 0.1) is 5.54 Å². The highest BCUT2D eigenvalue weighted by Crippen LogP contribution is 2.47. The summed E-state index contributed by atoms with van der Waals surface area (Å²) < 4.78 is 5.41. The topological polar surface area (TPSA) is 29.5 Å². The lowest BCUT2D eigenvalue weighted by Crippen LogP contribution is -2.46. The summed E-state index contributed by atoms with van der Waals surface area (Å²) in [5.74, 6) is 0. The van der Waals surface area contributed by atoms with Crippen molar-refractivity contribution in [2.24, 2.45) is 0 Å². The average Bonchev–Trinajstić information content (AvgIpc) is 2.83. The molecule has 0 aromatic rings. The summed E-state index contributed by atoms with van der Waals surface area (Å²) in [6.45, 7) is 6.42. The zero-order valence-corrected chi connectivity index (χ0v) is 9.75. The molecule has 15 heavy (non-hydrogen) atoms. The van der Waals surface area contributed by atoms with Gasteiger partial charge in [0.15, 0.2) is 0 Å². The van der Waals surface area contributed by atoms with Crippen LogP contribution in [0.3, 0.4) is 0 Å². The normalized spacial score (nSPS) is 23.0. The monoisotopic (exact) mass is 209 g/mol. The van der Waals surface area contributed by atoms with Crippen LogP contribution in [0.4, 0.5) is 4.79 Å². The van der Waals surface area contributed by atoms with E-state index in [0.29, 0.717) is 6.54 Å². The Hall–Kier alpha value is -0.990. The van der Waals surface area contributed by atoms with Gasteiger partial charge in [-0.1, -0.05) is 12.2 Å². The summed E-state index contributed by atoms with van der Waals surface area (Å²) in [6, 6.07) is 0. The lowest BCUT2D eigenvalue weighted by Gasteiger charge is -2.34. The molecule has 0 unspecified atom stereocenters. The van der Waals surface area contributed by atoms with Gasteiger partial charge < -0.3 is 4.74 Å². The molecule has 1 saturated carbocycles. The van der Waals surface area contributed by atoms with E-state index in [0.717, 1.165) is 19.3 Å². The first-order valence-corrected chi connectivity index (χ1v) is 5.59. The molecule has 1 amide bonds. The summed E-state index contributed by atoms with van der Waals surface area (Å²) >= 11 is 0. The van der Waals surface area contributed by atoms with Crippen molar-refractivity contribution in [2.45, 2.75) is 51.2 Å². The van der Waals surface area contributed by atoms with Crippen LogP contribution in [0.25, 0.3) is 0 Å². The van der Waals surface area contributed by atoms with E-state index in [1.54, 1.807) is 0 Å². The second-order valence-corrected chi connectivity index (χ2v) is 5.49. The second kappa shape index (κ2) is 3.26. The van der Waals surface area contributed by atoms with Gasteiger partial charge >= 0.3 is 6.09 Å². The number of hydrogen-bond donors (Lipinski definition) is 0. The van der Waals surface area contributed by atoms with Gasteiger partial charge in [-0.15, -0.1) is 0 Å². The zero-order chi connectivity index (χ0) is 11.1. The number of amides is 1. The fraction of sp³-hybridized carbons (Fsp3) is 0.750. The highest BCUT2D eigenvalue weighted by Gasteiger charge is 2.50. The Morgan fingerprint density at radius 2 is 2.00 bits per heavy atom. The maximum absolute atomic E-state index is 11.9. The highest BCUT2D eigenvalue weighted by atomic mass is 16.6. The minimum atomic E-state index is -0.395. The van der Waals surface area contributed by atoms with E-state index in [4.69, 9.17) is 4.74 Å². The summed E-state index contributed by atoms with van der Waals surface area (Å²) in [6.07, 6.45) is 7.30. The molecule has 1 fully saturated rings. The van der Waals surface area contributed by atoms with Crippen LogP contribution < -0.4 is 0 Å². The third-order valence-electron chi connectivity index (χ3n) is 2.97. The molecule has 0 aromatic heterocycles. The molecule has 0 N–H and O–H groups in total. The van der Waals surface area contributed by atoms with Gasteiger partial charge in [0.25, 0.3) is 0 Å². The van der Waals surface area contributed by atoms with Gasteiger partial charge in [0, 0.05) is 6.54 Å². The molecule has 0 bridgehead atoms. The van der Waals surface area contributed by atoms with Crippen LogP contribution >= 0.6 is 0 Å². The van der Waals surface area contributed by atoms with Gasteiger partial charge in [-0.25, -0.2) is 4.79 Å². The SMILES string of the molecule is CC(C)(C)OC(=O)N1CC=CCC12CC2. The highest BCUT2D eigenvalue weighted by molar-refractivity contribution is 5.70. The van der Waals surface area contributed by atoms with Crippen LogP contribution in [-0.4, -0.2) is 28.7 Å². The van der Waals surface area contributed by atoms with Crippen molar-refractivity contribution in [3.05, 3.63) is 12.2 Å². The molecule has 1 heterocycles. The standard InChI is InChI=1S/C12H19NO2/c1-11(2,3)15-10(14)13-9-5-4-6-12(13)7-8-12/h4-5H,6-9H2,1-3H3. The van der Waals surface area contributed by atoms with E-state index < -0.39 is 5.60 Å². The second-order valence-electron chi connectivity index (χ2n) is 5.49. The lowest BCUT2D eigenvalue weighted by molar-refractivity contribution is 0.0148. The molecule has 3 heteroatoms. The third-order valence-corrected chi connectivity index (χ3v) is 2.97. The molecule has 84 valence electrons. The number of rotatable bonds is 0. The molecule has 3 nitrogen and oxygen atoms in total. The third kappa shape index (κ3) is 2.16. The van der Waals surface area contributed by atoms with Gasteiger partial charge in [0.1, 0.15) is 5.60 Å². The summed E-state index contributed by atoms with van der Waals surface area (Å²) in [4.78, 5) is 13.8. The van der Waals surface area contributed by atoms with Crippen LogP contribution in [0.2, 0.25) is 0 Å². The molecule has 0 radical (unpaired) electrons. The Labute approximate surface area is 91.1 Å². The molecular formula is C12H19NO2. The van der Waals surface area contributed by atoms with Crippen LogP contribution in [0, 0.1) is 0 Å². The van der Waals surface area contributed by atoms with Gasteiger partial charge in [-0.2, -0.15) is 0 Å². The smallest absolute Gasteiger partial charge is 0.411 e. The predicted molar refractivity (Wildman–Crippen MR) is 58.7 cm³/mol. The fourth-order valence-electron chi connectivity index (χ4n) is 1.99. The molecular weight excluding hydrogens is 190 g/mol. The van der Waals surface area contributed by atoms with Crippen LogP contribution in [0.15, 0.2) is 12.2 Å². The van der Waals surface area contributed by atoms with Gasteiger partial charge in [0.2, 0.25) is 0 Å². The first kappa shape index (κ1) is 10.5. The van der Waals surface area contributed by atoms with E-state index >= 15 is 0 Å². The quantitative estimate of drug-likeness (QED) is 0.574. The van der Waals surface area contributed by atoms with E-state index in [2.05, 4.69) is 6.08 Å². The lowest BCUT2D eigenvalue weighted by atomic mass is 10.1. The molecule has 0 atom stereocenters. The largest absolute Gasteiger partial charge is 0.444 e. The Kier molecular flexibility index (Phi) is 2.28. The molecule has 1 spiro atoms. The first-order valence-electron chi connectivity index (χ1n) is 5.59. The average molecular weight is 209 g/mol. The first-order chi connectivity index (χ1) is 6.93. The van der Waals surface area contributed by atoms with Crippen molar-refractivity contribution in [3.63, 3.8) is 0 Å². The molecule has 2 rings (SSSR count). The van der Waals surface area contributed by atoms with Crippen molar-refractivity contribution in [1.29, 1.82) is 0 Å². The predicted octanol–water partition coefficient (Wildman–Crippen LogP) is 2.72. The minimum absolute atomic E-state index is 0.108. The number of carbonyl (C=O) groups is 1. The Morgan fingerprint density at radius 1 is 1.33 bits per heavy atom. The van der Waals surface area contributed by atoms with Crippen molar-refractivity contribution in [3.8, 4) is 0 Å². The Bertz CT molecular complexity index is 297. The molecule has 1 aliphatic carbocycles. The maximum atomic E-state index is 11.9. The molecule has 0 aromatic carbocycles. The Balaban J connectivity index is 2.04. The van der Waals surface area contributed by atoms with Crippen LogP contribution in [0.1, 0.15) is 40.0 Å². The van der Waals surface area contributed by atoms with Crippen molar-refractivity contribution in [1.82, 2.24) is 4.90 Å². The van der Waals surface area contributed by atoms with Crippen molar-refractivity contribution < 1.29 is 9.53 Å². The molecule has 2 aliphatic rings. The number of nitrogens with zero attached hydrogens (tertiary/aromatic N) is 1.